The van der Waals surface area contributed by atoms with Crippen molar-refractivity contribution in [2.45, 2.75) is 19.3 Å². The van der Waals surface area contributed by atoms with Crippen LogP contribution >= 0.6 is 12.4 Å². The minimum absolute atomic E-state index is 0. The van der Waals surface area contributed by atoms with E-state index in [1.807, 2.05) is 0 Å². The molecule has 0 saturated carbocycles. The van der Waals surface area contributed by atoms with E-state index in [-0.39, 0.29) is 18.3 Å². The van der Waals surface area contributed by atoms with E-state index in [2.05, 4.69) is 25.7 Å². The van der Waals surface area contributed by atoms with E-state index in [0.717, 1.165) is 63.2 Å². The number of amides is 1. The van der Waals surface area contributed by atoms with Crippen LogP contribution in [0.15, 0.2) is 0 Å². The van der Waals surface area contributed by atoms with Gasteiger partial charge in [0.15, 0.2) is 5.69 Å². The Balaban J connectivity index is 0.00000147. The Morgan fingerprint density at radius 2 is 2.10 bits per heavy atom. The fraction of sp³-hybridized carbons (Fsp3) is 0.692. The van der Waals surface area contributed by atoms with Crippen LogP contribution in [-0.4, -0.2) is 60.3 Å². The number of aromatic nitrogens is 2. The quantitative estimate of drug-likeness (QED) is 0.729. The van der Waals surface area contributed by atoms with Crippen molar-refractivity contribution < 1.29 is 4.79 Å². The maximum absolute atomic E-state index is 12.1. The van der Waals surface area contributed by atoms with Crippen molar-refractivity contribution in [1.82, 2.24) is 25.7 Å². The van der Waals surface area contributed by atoms with Gasteiger partial charge in [-0.2, -0.15) is 5.10 Å². The molecule has 2 aliphatic rings. The number of H-pyrrole nitrogens is 1. The zero-order chi connectivity index (χ0) is 13.1. The lowest BCUT2D eigenvalue weighted by Crippen LogP contribution is -2.46. The molecule has 0 bridgehead atoms. The van der Waals surface area contributed by atoms with Gasteiger partial charge in [-0.3, -0.25) is 14.8 Å². The number of hydrogen-bond donors (Lipinski definition) is 3. The smallest absolute Gasteiger partial charge is 0.272 e. The van der Waals surface area contributed by atoms with E-state index in [1.165, 1.54) is 0 Å². The summed E-state index contributed by atoms with van der Waals surface area (Å²) in [4.78, 5) is 14.4. The minimum atomic E-state index is -0.0328. The zero-order valence-corrected chi connectivity index (χ0v) is 12.4. The summed E-state index contributed by atoms with van der Waals surface area (Å²) in [5, 5.41) is 13.4. The molecule has 6 nitrogen and oxygen atoms in total. The summed E-state index contributed by atoms with van der Waals surface area (Å²) in [5.74, 6) is -0.0328. The number of aromatic amines is 1. The second-order valence-electron chi connectivity index (χ2n) is 5.23. The number of aryl methyl sites for hydroxylation is 1. The Bertz CT molecular complexity index is 456. The SMILES string of the molecule is Cl.O=C(NCCN1CCNCC1)c1n[nH]c2c1CCC2. The molecule has 1 amide bonds. The summed E-state index contributed by atoms with van der Waals surface area (Å²) in [6.07, 6.45) is 3.13. The standard InChI is InChI=1S/C13H21N5O.ClH/c19-13(12-10-2-1-3-11(10)16-17-12)15-6-9-18-7-4-14-5-8-18;/h14H,1-9H2,(H,15,19)(H,16,17);1H. The fourth-order valence-electron chi connectivity index (χ4n) is 2.85. The number of rotatable bonds is 4. The fourth-order valence-corrected chi connectivity index (χ4v) is 2.85. The number of halogens is 1. The highest BCUT2D eigenvalue weighted by atomic mass is 35.5. The third-order valence-electron chi connectivity index (χ3n) is 3.94. The highest BCUT2D eigenvalue weighted by molar-refractivity contribution is 5.94. The van der Waals surface area contributed by atoms with Gasteiger partial charge in [0.2, 0.25) is 0 Å². The van der Waals surface area contributed by atoms with Gasteiger partial charge in [0.25, 0.3) is 5.91 Å². The molecule has 1 aliphatic carbocycles. The molecule has 20 heavy (non-hydrogen) atoms. The molecule has 112 valence electrons. The van der Waals surface area contributed by atoms with Crippen LogP contribution in [0.1, 0.15) is 28.2 Å². The van der Waals surface area contributed by atoms with Crippen LogP contribution in [-0.2, 0) is 12.8 Å². The van der Waals surface area contributed by atoms with Gasteiger partial charge in [-0.1, -0.05) is 0 Å². The van der Waals surface area contributed by atoms with E-state index in [0.29, 0.717) is 12.2 Å². The zero-order valence-electron chi connectivity index (χ0n) is 11.6. The van der Waals surface area contributed by atoms with Crippen molar-refractivity contribution in [3.63, 3.8) is 0 Å². The summed E-state index contributed by atoms with van der Waals surface area (Å²) < 4.78 is 0. The molecular weight excluding hydrogens is 278 g/mol. The second kappa shape index (κ2) is 7.06. The maximum Gasteiger partial charge on any atom is 0.272 e. The minimum Gasteiger partial charge on any atom is -0.349 e. The predicted octanol–water partition coefficient (Wildman–Crippen LogP) is -0.0448. The molecule has 3 rings (SSSR count). The molecular formula is C13H22ClN5O. The van der Waals surface area contributed by atoms with Gasteiger partial charge in [0.05, 0.1) is 0 Å². The van der Waals surface area contributed by atoms with Crippen LogP contribution in [0, 0.1) is 0 Å². The van der Waals surface area contributed by atoms with Crippen LogP contribution in [0.5, 0.6) is 0 Å². The summed E-state index contributed by atoms with van der Waals surface area (Å²) >= 11 is 0. The third kappa shape index (κ3) is 3.31. The summed E-state index contributed by atoms with van der Waals surface area (Å²) in [6.45, 7) is 5.82. The molecule has 1 aromatic heterocycles. The molecule has 1 aliphatic heterocycles. The highest BCUT2D eigenvalue weighted by Crippen LogP contribution is 2.22. The van der Waals surface area contributed by atoms with Crippen molar-refractivity contribution in [3.05, 3.63) is 17.0 Å². The van der Waals surface area contributed by atoms with E-state index < -0.39 is 0 Å². The third-order valence-corrected chi connectivity index (χ3v) is 3.94. The lowest BCUT2D eigenvalue weighted by molar-refractivity contribution is 0.0941. The molecule has 0 atom stereocenters. The van der Waals surface area contributed by atoms with Crippen molar-refractivity contribution >= 4 is 18.3 Å². The second-order valence-corrected chi connectivity index (χ2v) is 5.23. The molecule has 1 aromatic rings. The first kappa shape index (κ1) is 15.3. The van der Waals surface area contributed by atoms with E-state index in [9.17, 15) is 4.79 Å². The number of hydrogen-bond acceptors (Lipinski definition) is 4. The normalized spacial score (nSPS) is 18.4. The first-order valence-corrected chi connectivity index (χ1v) is 7.12. The number of piperazine rings is 1. The van der Waals surface area contributed by atoms with Crippen molar-refractivity contribution in [1.29, 1.82) is 0 Å². The van der Waals surface area contributed by atoms with Gasteiger partial charge >= 0.3 is 0 Å². The average molecular weight is 300 g/mol. The lowest BCUT2D eigenvalue weighted by atomic mass is 10.2. The van der Waals surface area contributed by atoms with Crippen molar-refractivity contribution in [2.75, 3.05) is 39.3 Å². The van der Waals surface area contributed by atoms with Crippen molar-refractivity contribution in [2.24, 2.45) is 0 Å². The topological polar surface area (TPSA) is 73.1 Å². The monoisotopic (exact) mass is 299 g/mol. The number of nitrogens with zero attached hydrogens (tertiary/aromatic N) is 2. The molecule has 1 saturated heterocycles. The van der Waals surface area contributed by atoms with Crippen LogP contribution < -0.4 is 10.6 Å². The van der Waals surface area contributed by atoms with Gasteiger partial charge in [-0.25, -0.2) is 0 Å². The Morgan fingerprint density at radius 1 is 1.30 bits per heavy atom. The molecule has 7 heteroatoms. The van der Waals surface area contributed by atoms with Crippen LogP contribution in [0.3, 0.4) is 0 Å². The first-order chi connectivity index (χ1) is 9.34. The van der Waals surface area contributed by atoms with Gasteiger partial charge < -0.3 is 10.6 Å². The predicted molar refractivity (Wildman–Crippen MR) is 79.5 cm³/mol. The molecule has 1 fully saturated rings. The Kier molecular flexibility index (Phi) is 5.39. The van der Waals surface area contributed by atoms with E-state index in [4.69, 9.17) is 0 Å². The highest BCUT2D eigenvalue weighted by Gasteiger charge is 2.22. The Morgan fingerprint density at radius 3 is 2.90 bits per heavy atom. The maximum atomic E-state index is 12.1. The molecule has 2 heterocycles. The molecule has 0 aromatic carbocycles. The van der Waals surface area contributed by atoms with E-state index >= 15 is 0 Å². The molecule has 0 radical (unpaired) electrons. The first-order valence-electron chi connectivity index (χ1n) is 7.12. The average Bonchev–Trinajstić information content (AvgIpc) is 3.02. The van der Waals surface area contributed by atoms with Crippen LogP contribution in [0.2, 0.25) is 0 Å². The van der Waals surface area contributed by atoms with Crippen LogP contribution in [0.4, 0.5) is 0 Å². The summed E-state index contributed by atoms with van der Waals surface area (Å²) in [6, 6.07) is 0. The van der Waals surface area contributed by atoms with Gasteiger partial charge in [-0.15, -0.1) is 12.4 Å². The number of carbonyl (C=O) groups excluding carboxylic acids is 1. The number of carbonyl (C=O) groups is 1. The number of nitrogens with one attached hydrogen (secondary N) is 3. The largest absolute Gasteiger partial charge is 0.349 e. The van der Waals surface area contributed by atoms with Crippen LogP contribution in [0.25, 0.3) is 0 Å². The lowest BCUT2D eigenvalue weighted by Gasteiger charge is -2.27. The molecule has 0 spiro atoms. The van der Waals surface area contributed by atoms with Gasteiger partial charge in [0, 0.05) is 50.5 Å². The van der Waals surface area contributed by atoms with Gasteiger partial charge in [-0.05, 0) is 19.3 Å². The summed E-state index contributed by atoms with van der Waals surface area (Å²) in [5.41, 5.74) is 2.87. The summed E-state index contributed by atoms with van der Waals surface area (Å²) in [7, 11) is 0. The Hall–Kier alpha value is -1.11. The van der Waals surface area contributed by atoms with E-state index in [1.54, 1.807) is 0 Å². The molecule has 0 unspecified atom stereocenters. The Labute approximate surface area is 125 Å². The van der Waals surface area contributed by atoms with Crippen molar-refractivity contribution in [3.8, 4) is 0 Å². The number of fused-ring (bicyclic) bond motifs is 1. The molecule has 3 N–H and O–H groups in total. The van der Waals surface area contributed by atoms with Gasteiger partial charge in [0.1, 0.15) is 0 Å².